The highest BCUT2D eigenvalue weighted by Crippen LogP contribution is 2.28. The number of fused-ring (bicyclic) bond motifs is 1. The zero-order valence-electron chi connectivity index (χ0n) is 7.02. The third-order valence-corrected chi connectivity index (χ3v) is 2.02. The fourth-order valence-electron chi connectivity index (χ4n) is 1.34. The largest absolute Gasteiger partial charge is 0.507 e. The number of ketones is 2. The molecule has 0 aromatic heterocycles. The summed E-state index contributed by atoms with van der Waals surface area (Å²) >= 11 is 0. The Bertz CT molecular complexity index is 461. The maximum absolute atomic E-state index is 11.1. The Kier molecular flexibility index (Phi) is 1.64. The molecule has 70 valence electrons. The van der Waals surface area contributed by atoms with Gasteiger partial charge in [-0.2, -0.15) is 0 Å². The van der Waals surface area contributed by atoms with Crippen molar-refractivity contribution in [3.63, 3.8) is 0 Å². The summed E-state index contributed by atoms with van der Waals surface area (Å²) in [6, 6.07) is 0. The highest BCUT2D eigenvalue weighted by molar-refractivity contribution is 6.10. The van der Waals surface area contributed by atoms with Gasteiger partial charge in [-0.1, -0.05) is 0 Å². The molecule has 0 saturated heterocycles. The van der Waals surface area contributed by atoms with Gasteiger partial charge in [0.25, 0.3) is 0 Å². The maximum atomic E-state index is 11.1. The van der Waals surface area contributed by atoms with Gasteiger partial charge in [0, 0.05) is 17.2 Å². The van der Waals surface area contributed by atoms with Crippen LogP contribution in [0.1, 0.15) is 0 Å². The Morgan fingerprint density at radius 2 is 1.71 bits per heavy atom. The summed E-state index contributed by atoms with van der Waals surface area (Å²) in [5.41, 5.74) is 0.379. The molecule has 4 heteroatoms. The lowest BCUT2D eigenvalue weighted by atomic mass is 9.91. The van der Waals surface area contributed by atoms with Crippen LogP contribution in [0.5, 0.6) is 0 Å². The Balaban J connectivity index is 2.63. The van der Waals surface area contributed by atoms with Gasteiger partial charge in [-0.25, -0.2) is 0 Å². The predicted molar refractivity (Wildman–Crippen MR) is 47.6 cm³/mol. The highest BCUT2D eigenvalue weighted by atomic mass is 16.3. The molecule has 0 spiro atoms. The van der Waals surface area contributed by atoms with Gasteiger partial charge in [0.2, 0.25) is 5.78 Å². The molecule has 0 aromatic rings. The van der Waals surface area contributed by atoms with E-state index in [1.54, 1.807) is 0 Å². The van der Waals surface area contributed by atoms with Gasteiger partial charge in [-0.05, 0) is 18.2 Å². The second-order valence-electron chi connectivity index (χ2n) is 2.95. The van der Waals surface area contributed by atoms with E-state index in [-0.39, 0.29) is 22.7 Å². The van der Waals surface area contributed by atoms with E-state index in [0.717, 1.165) is 6.08 Å². The molecule has 0 atom stereocenters. The van der Waals surface area contributed by atoms with Crippen molar-refractivity contribution in [2.45, 2.75) is 0 Å². The molecule has 2 rings (SSSR count). The lowest BCUT2D eigenvalue weighted by Crippen LogP contribution is -2.14. The molecule has 4 nitrogen and oxygen atoms in total. The van der Waals surface area contributed by atoms with Crippen molar-refractivity contribution < 1.29 is 19.8 Å². The van der Waals surface area contributed by atoms with Crippen LogP contribution in [-0.2, 0) is 9.59 Å². The number of carbonyl (C=O) groups excluding carboxylic acids is 2. The molecular formula is C10H6O4. The third kappa shape index (κ3) is 1.08. The zero-order valence-corrected chi connectivity index (χ0v) is 7.02. The summed E-state index contributed by atoms with van der Waals surface area (Å²) in [4.78, 5) is 22.0. The molecule has 0 heterocycles. The Morgan fingerprint density at radius 1 is 1.00 bits per heavy atom. The van der Waals surface area contributed by atoms with Gasteiger partial charge in [0.15, 0.2) is 11.5 Å². The lowest BCUT2D eigenvalue weighted by Gasteiger charge is -2.16. The summed E-state index contributed by atoms with van der Waals surface area (Å²) in [5, 5.41) is 18.7. The van der Waals surface area contributed by atoms with Crippen molar-refractivity contribution in [2.75, 3.05) is 0 Å². The van der Waals surface area contributed by atoms with Gasteiger partial charge >= 0.3 is 0 Å². The quantitative estimate of drug-likeness (QED) is 0.594. The minimum absolute atomic E-state index is 0.189. The summed E-state index contributed by atoms with van der Waals surface area (Å²) in [6.07, 6.45) is 4.59. The van der Waals surface area contributed by atoms with Crippen LogP contribution >= 0.6 is 0 Å². The molecule has 0 aliphatic heterocycles. The molecular weight excluding hydrogens is 184 g/mol. The zero-order chi connectivity index (χ0) is 10.3. The molecule has 2 N–H and O–H groups in total. The summed E-state index contributed by atoms with van der Waals surface area (Å²) in [7, 11) is 0. The van der Waals surface area contributed by atoms with E-state index in [1.165, 1.54) is 18.2 Å². The number of allylic oxidation sites excluding steroid dienone is 5. The van der Waals surface area contributed by atoms with E-state index in [1.807, 2.05) is 0 Å². The first-order valence-corrected chi connectivity index (χ1v) is 3.92. The molecule has 2 aliphatic carbocycles. The first kappa shape index (κ1) is 8.50. The number of rotatable bonds is 0. The summed E-state index contributed by atoms with van der Waals surface area (Å²) in [6.45, 7) is 0. The molecule has 0 aromatic carbocycles. The van der Waals surface area contributed by atoms with Gasteiger partial charge in [0.05, 0.1) is 0 Å². The van der Waals surface area contributed by atoms with Crippen molar-refractivity contribution in [3.8, 4) is 0 Å². The van der Waals surface area contributed by atoms with Crippen LogP contribution in [0.15, 0.2) is 47.0 Å². The Labute approximate surface area is 79.2 Å². The van der Waals surface area contributed by atoms with Gasteiger partial charge in [-0.15, -0.1) is 0 Å². The van der Waals surface area contributed by atoms with Crippen molar-refractivity contribution in [2.24, 2.45) is 0 Å². The molecule has 2 aliphatic rings. The lowest BCUT2D eigenvalue weighted by molar-refractivity contribution is -0.114. The Hall–Kier alpha value is -2.10. The molecule has 0 saturated carbocycles. The van der Waals surface area contributed by atoms with E-state index in [0.29, 0.717) is 0 Å². The van der Waals surface area contributed by atoms with Crippen LogP contribution < -0.4 is 0 Å². The smallest absolute Gasteiger partial charge is 0.224 e. The predicted octanol–water partition coefficient (Wildman–Crippen LogP) is 0.888. The van der Waals surface area contributed by atoms with Crippen molar-refractivity contribution in [1.29, 1.82) is 0 Å². The average Bonchev–Trinajstić information content (AvgIpc) is 2.14. The van der Waals surface area contributed by atoms with Crippen LogP contribution in [0.2, 0.25) is 0 Å². The van der Waals surface area contributed by atoms with E-state index >= 15 is 0 Å². The number of aliphatic hydroxyl groups is 2. The molecule has 0 bridgehead atoms. The van der Waals surface area contributed by atoms with Crippen LogP contribution in [-0.4, -0.2) is 21.8 Å². The minimum Gasteiger partial charge on any atom is -0.507 e. The summed E-state index contributed by atoms with van der Waals surface area (Å²) < 4.78 is 0. The monoisotopic (exact) mass is 190 g/mol. The fraction of sp³-hybridized carbons (Fsp3) is 0. The number of hydrogen-bond acceptors (Lipinski definition) is 4. The van der Waals surface area contributed by atoms with E-state index < -0.39 is 11.5 Å². The van der Waals surface area contributed by atoms with Gasteiger partial charge in [0.1, 0.15) is 5.76 Å². The van der Waals surface area contributed by atoms with Crippen molar-refractivity contribution >= 4 is 11.6 Å². The first-order chi connectivity index (χ1) is 6.59. The second-order valence-corrected chi connectivity index (χ2v) is 2.95. The number of hydrogen-bond donors (Lipinski definition) is 2. The van der Waals surface area contributed by atoms with Gasteiger partial charge < -0.3 is 10.2 Å². The summed E-state index contributed by atoms with van der Waals surface area (Å²) in [5.74, 6) is -1.68. The first-order valence-electron chi connectivity index (χ1n) is 3.92. The molecule has 0 fully saturated rings. The Morgan fingerprint density at radius 3 is 2.43 bits per heavy atom. The van der Waals surface area contributed by atoms with Crippen LogP contribution in [0.3, 0.4) is 0 Å². The minimum atomic E-state index is -0.659. The van der Waals surface area contributed by atoms with Gasteiger partial charge in [-0.3, -0.25) is 9.59 Å². The van der Waals surface area contributed by atoms with Crippen LogP contribution in [0.4, 0.5) is 0 Å². The standard InChI is InChI=1S/C10H6O4/c11-5-1-2-6-7(3-5)8(12)4-9(13)10(6)14/h1-4,12,14H. The van der Waals surface area contributed by atoms with E-state index in [9.17, 15) is 19.8 Å². The number of carbonyl (C=O) groups is 2. The maximum Gasteiger partial charge on any atom is 0.224 e. The topological polar surface area (TPSA) is 74.6 Å². The van der Waals surface area contributed by atoms with Crippen LogP contribution in [0.25, 0.3) is 0 Å². The molecule has 0 radical (unpaired) electrons. The normalized spacial score (nSPS) is 20.6. The van der Waals surface area contributed by atoms with Crippen molar-refractivity contribution in [1.82, 2.24) is 0 Å². The number of aliphatic hydroxyl groups excluding tert-OH is 2. The second kappa shape index (κ2) is 2.70. The molecule has 0 unspecified atom stereocenters. The SMILES string of the molecule is O=C1C=CC2=C(O)C(=O)C=C(O)C2=C1. The molecule has 14 heavy (non-hydrogen) atoms. The highest BCUT2D eigenvalue weighted by Gasteiger charge is 2.25. The average molecular weight is 190 g/mol. The van der Waals surface area contributed by atoms with Crippen LogP contribution in [0, 0.1) is 0 Å². The van der Waals surface area contributed by atoms with E-state index in [4.69, 9.17) is 0 Å². The molecule has 0 amide bonds. The fourth-order valence-corrected chi connectivity index (χ4v) is 1.34. The van der Waals surface area contributed by atoms with E-state index in [2.05, 4.69) is 0 Å². The third-order valence-electron chi connectivity index (χ3n) is 2.02. The van der Waals surface area contributed by atoms with Crippen molar-refractivity contribution in [3.05, 3.63) is 47.0 Å².